The summed E-state index contributed by atoms with van der Waals surface area (Å²) in [5, 5.41) is 24.3. The van der Waals surface area contributed by atoms with Crippen LogP contribution in [0.3, 0.4) is 0 Å². The molecule has 1 fully saturated rings. The van der Waals surface area contributed by atoms with Gasteiger partial charge in [0.15, 0.2) is 0 Å². The Kier molecular flexibility index (Phi) is 4.39. The van der Waals surface area contributed by atoms with Crippen LogP contribution in [0.15, 0.2) is 12.1 Å². The lowest BCUT2D eigenvalue weighted by molar-refractivity contribution is -0.384. The Morgan fingerprint density at radius 2 is 2.15 bits per heavy atom. The Hall–Kier alpha value is -1.08. The number of hydrogen-bond donors (Lipinski definition) is 2. The van der Waals surface area contributed by atoms with Crippen molar-refractivity contribution in [3.63, 3.8) is 0 Å². The summed E-state index contributed by atoms with van der Waals surface area (Å²) in [6.45, 7) is 2.47. The highest BCUT2D eigenvalue weighted by atomic mass is 35.5. The van der Waals surface area contributed by atoms with E-state index in [-0.39, 0.29) is 28.4 Å². The number of non-ortho nitro benzene ring substituents is 1. The second kappa shape index (κ2) is 5.73. The van der Waals surface area contributed by atoms with E-state index in [4.69, 9.17) is 27.9 Å². The molecule has 6 nitrogen and oxygen atoms in total. The summed E-state index contributed by atoms with van der Waals surface area (Å²) in [7, 11) is 0. The summed E-state index contributed by atoms with van der Waals surface area (Å²) in [6, 6.07) is 2.43. The van der Waals surface area contributed by atoms with Crippen molar-refractivity contribution in [2.24, 2.45) is 0 Å². The van der Waals surface area contributed by atoms with Gasteiger partial charge in [-0.2, -0.15) is 0 Å². The van der Waals surface area contributed by atoms with Gasteiger partial charge in [-0.3, -0.25) is 10.1 Å². The summed E-state index contributed by atoms with van der Waals surface area (Å²) in [5.41, 5.74) is -0.817. The molecule has 20 heavy (non-hydrogen) atoms. The van der Waals surface area contributed by atoms with Crippen LogP contribution in [0, 0.1) is 10.1 Å². The molecule has 2 unspecified atom stereocenters. The molecule has 110 valence electrons. The smallest absolute Gasteiger partial charge is 0.272 e. The maximum atomic E-state index is 10.7. The Morgan fingerprint density at radius 3 is 2.60 bits per heavy atom. The van der Waals surface area contributed by atoms with Crippen molar-refractivity contribution in [1.82, 2.24) is 0 Å². The predicted octanol–water partition coefficient (Wildman–Crippen LogP) is 2.85. The minimum atomic E-state index is -1.01. The number of nitrogens with one attached hydrogen (secondary N) is 1. The fourth-order valence-corrected chi connectivity index (χ4v) is 2.69. The molecule has 1 aromatic rings. The van der Waals surface area contributed by atoms with Gasteiger partial charge in [-0.05, 0) is 6.92 Å². The molecule has 0 bridgehead atoms. The van der Waals surface area contributed by atoms with Crippen LogP contribution in [-0.4, -0.2) is 34.9 Å². The van der Waals surface area contributed by atoms with E-state index in [2.05, 4.69) is 5.32 Å². The normalized spacial score (nSPS) is 25.7. The molecule has 2 atom stereocenters. The van der Waals surface area contributed by atoms with E-state index in [0.29, 0.717) is 18.7 Å². The second-order valence-electron chi connectivity index (χ2n) is 4.76. The molecule has 1 aliphatic rings. The average molecular weight is 321 g/mol. The minimum absolute atomic E-state index is 0.138. The first-order chi connectivity index (χ1) is 9.33. The fraction of sp³-hybridized carbons (Fsp3) is 0.500. The third-order valence-electron chi connectivity index (χ3n) is 3.47. The minimum Gasteiger partial charge on any atom is -0.385 e. The third-order valence-corrected chi connectivity index (χ3v) is 4.06. The van der Waals surface area contributed by atoms with E-state index < -0.39 is 10.5 Å². The van der Waals surface area contributed by atoms with Gasteiger partial charge in [0.05, 0.1) is 26.8 Å². The zero-order chi connectivity index (χ0) is 14.9. The summed E-state index contributed by atoms with van der Waals surface area (Å²) in [5.74, 6) is 0. The molecule has 0 saturated carbocycles. The number of anilines is 1. The molecule has 0 spiro atoms. The number of benzene rings is 1. The number of nitro benzene ring substituents is 1. The van der Waals surface area contributed by atoms with Crippen molar-refractivity contribution in [3.05, 3.63) is 32.3 Å². The van der Waals surface area contributed by atoms with Gasteiger partial charge in [-0.25, -0.2) is 0 Å². The number of halogens is 2. The van der Waals surface area contributed by atoms with Crippen molar-refractivity contribution in [3.8, 4) is 0 Å². The zero-order valence-electron chi connectivity index (χ0n) is 10.7. The molecular weight excluding hydrogens is 307 g/mol. The molecule has 1 aromatic carbocycles. The molecule has 2 rings (SSSR count). The van der Waals surface area contributed by atoms with Gasteiger partial charge in [0, 0.05) is 31.7 Å². The topological polar surface area (TPSA) is 84.6 Å². The lowest BCUT2D eigenvalue weighted by Crippen LogP contribution is -2.43. The SMILES string of the molecule is CC1OCCC1(O)CNc1c(Cl)cc([N+](=O)[O-])cc1Cl. The largest absolute Gasteiger partial charge is 0.385 e. The molecule has 0 amide bonds. The standard InChI is InChI=1S/C12H14Cl2N2O4/c1-7-12(17,2-3-20-7)6-15-11-9(13)4-8(16(18)19)5-10(11)14/h4-5,7,15,17H,2-3,6H2,1H3. The van der Waals surface area contributed by atoms with Crippen LogP contribution in [0.2, 0.25) is 10.0 Å². The second-order valence-corrected chi connectivity index (χ2v) is 5.58. The van der Waals surface area contributed by atoms with Gasteiger partial charge >= 0.3 is 0 Å². The predicted molar refractivity (Wildman–Crippen MR) is 76.6 cm³/mol. The molecule has 1 heterocycles. The number of ether oxygens (including phenoxy) is 1. The van der Waals surface area contributed by atoms with Crippen LogP contribution in [0.1, 0.15) is 13.3 Å². The maximum absolute atomic E-state index is 10.7. The van der Waals surface area contributed by atoms with Gasteiger partial charge in [-0.15, -0.1) is 0 Å². The number of hydrogen-bond acceptors (Lipinski definition) is 5. The van der Waals surface area contributed by atoms with Gasteiger partial charge in [-0.1, -0.05) is 23.2 Å². The molecule has 0 aliphatic carbocycles. The number of aliphatic hydroxyl groups is 1. The van der Waals surface area contributed by atoms with E-state index in [1.807, 2.05) is 0 Å². The van der Waals surface area contributed by atoms with Gasteiger partial charge in [0.1, 0.15) is 5.60 Å². The Labute approximate surface area is 125 Å². The molecule has 8 heteroatoms. The van der Waals surface area contributed by atoms with E-state index in [1.54, 1.807) is 6.92 Å². The average Bonchev–Trinajstić information content (AvgIpc) is 2.68. The highest BCUT2D eigenvalue weighted by molar-refractivity contribution is 6.39. The lowest BCUT2D eigenvalue weighted by Gasteiger charge is -2.27. The Morgan fingerprint density at radius 1 is 1.55 bits per heavy atom. The van der Waals surface area contributed by atoms with Gasteiger partial charge < -0.3 is 15.2 Å². The van der Waals surface area contributed by atoms with Gasteiger partial charge in [0.2, 0.25) is 0 Å². The third kappa shape index (κ3) is 2.98. The van der Waals surface area contributed by atoms with E-state index in [0.717, 1.165) is 0 Å². The van der Waals surface area contributed by atoms with E-state index in [9.17, 15) is 15.2 Å². The highest BCUT2D eigenvalue weighted by Crippen LogP contribution is 2.36. The summed E-state index contributed by atoms with van der Waals surface area (Å²) >= 11 is 12.0. The van der Waals surface area contributed by atoms with Crippen molar-refractivity contribution in [2.45, 2.75) is 25.0 Å². The van der Waals surface area contributed by atoms with E-state index >= 15 is 0 Å². The quantitative estimate of drug-likeness (QED) is 0.658. The molecule has 0 radical (unpaired) electrons. The molecule has 1 saturated heterocycles. The first-order valence-corrected chi connectivity index (χ1v) is 6.80. The number of nitrogens with zero attached hydrogens (tertiary/aromatic N) is 1. The van der Waals surface area contributed by atoms with E-state index in [1.165, 1.54) is 12.1 Å². The Bertz CT molecular complexity index is 517. The highest BCUT2D eigenvalue weighted by Gasteiger charge is 2.39. The molecule has 1 aliphatic heterocycles. The first-order valence-electron chi connectivity index (χ1n) is 6.05. The monoisotopic (exact) mass is 320 g/mol. The van der Waals surface area contributed by atoms with Crippen LogP contribution >= 0.6 is 23.2 Å². The number of nitro groups is 1. The fourth-order valence-electron chi connectivity index (χ4n) is 2.08. The van der Waals surface area contributed by atoms with Crippen molar-refractivity contribution >= 4 is 34.6 Å². The molecule has 2 N–H and O–H groups in total. The lowest BCUT2D eigenvalue weighted by atomic mass is 9.96. The van der Waals surface area contributed by atoms with Crippen molar-refractivity contribution in [2.75, 3.05) is 18.5 Å². The Balaban J connectivity index is 2.16. The van der Waals surface area contributed by atoms with Crippen LogP contribution < -0.4 is 5.32 Å². The first kappa shape index (κ1) is 15.3. The van der Waals surface area contributed by atoms with Crippen LogP contribution in [0.5, 0.6) is 0 Å². The van der Waals surface area contributed by atoms with Crippen LogP contribution in [0.4, 0.5) is 11.4 Å². The summed E-state index contributed by atoms with van der Waals surface area (Å²) < 4.78 is 5.32. The maximum Gasteiger partial charge on any atom is 0.272 e. The zero-order valence-corrected chi connectivity index (χ0v) is 12.2. The van der Waals surface area contributed by atoms with Gasteiger partial charge in [0.25, 0.3) is 5.69 Å². The van der Waals surface area contributed by atoms with Crippen molar-refractivity contribution in [1.29, 1.82) is 0 Å². The summed E-state index contributed by atoms with van der Waals surface area (Å²) in [4.78, 5) is 10.1. The van der Waals surface area contributed by atoms with Crippen LogP contribution in [0.25, 0.3) is 0 Å². The summed E-state index contributed by atoms with van der Waals surface area (Å²) in [6.07, 6.45) is 0.203. The molecule has 0 aromatic heterocycles. The number of rotatable bonds is 4. The molecular formula is C12H14Cl2N2O4. The van der Waals surface area contributed by atoms with Crippen molar-refractivity contribution < 1.29 is 14.8 Å². The van der Waals surface area contributed by atoms with Crippen LogP contribution in [-0.2, 0) is 4.74 Å².